The number of hydrogen-bond acceptors (Lipinski definition) is 7. The number of likely N-dealkylation sites (N-methyl/N-ethyl adjacent to an activating group) is 1. The summed E-state index contributed by atoms with van der Waals surface area (Å²) in [5, 5.41) is 10.9. The highest BCUT2D eigenvalue weighted by atomic mass is 32.1. The molecule has 8 heteroatoms. The molecule has 5 rings (SSSR count). The molecule has 0 aliphatic carbocycles. The maximum atomic E-state index is 13.2. The number of amides is 1. The van der Waals surface area contributed by atoms with E-state index < -0.39 is 0 Å². The lowest BCUT2D eigenvalue weighted by Gasteiger charge is -2.40. The van der Waals surface area contributed by atoms with Crippen molar-refractivity contribution in [3.63, 3.8) is 0 Å². The summed E-state index contributed by atoms with van der Waals surface area (Å²) in [4.78, 5) is 21.2. The maximum absolute atomic E-state index is 13.2. The lowest BCUT2D eigenvalue weighted by Crippen LogP contribution is -2.49. The first-order valence-electron chi connectivity index (χ1n) is 12.4. The standard InChI is InChI=1S/C25H35N5O2S/c1-28(18-21-4-2-16-32-21)20-10-14-30(15-11-20)25(31)19-8-12-29(13-9-19)24-7-6-22(26-27-24)23-5-3-17-33-23/h3,5-7,17,19-21H,2,4,8-16,18H2,1H3/t21-/m0/s1. The van der Waals surface area contributed by atoms with E-state index in [2.05, 4.69) is 49.5 Å². The number of rotatable bonds is 6. The van der Waals surface area contributed by atoms with Gasteiger partial charge in [-0.2, -0.15) is 0 Å². The molecule has 5 heterocycles. The molecular formula is C25H35N5O2S. The number of thiophene rings is 1. The average molecular weight is 470 g/mol. The van der Waals surface area contributed by atoms with Gasteiger partial charge in [-0.15, -0.1) is 21.5 Å². The van der Waals surface area contributed by atoms with E-state index in [-0.39, 0.29) is 5.92 Å². The van der Waals surface area contributed by atoms with Crippen LogP contribution in [0.15, 0.2) is 29.6 Å². The van der Waals surface area contributed by atoms with Gasteiger partial charge in [0, 0.05) is 51.3 Å². The van der Waals surface area contributed by atoms with Crippen LogP contribution in [0.4, 0.5) is 5.82 Å². The molecule has 3 saturated heterocycles. The lowest BCUT2D eigenvalue weighted by atomic mass is 9.93. The Kier molecular flexibility index (Phi) is 7.23. The molecule has 2 aromatic rings. The van der Waals surface area contributed by atoms with Crippen LogP contribution in [0.2, 0.25) is 0 Å². The number of carbonyl (C=O) groups excluding carboxylic acids is 1. The molecule has 3 fully saturated rings. The Bertz CT molecular complexity index is 884. The van der Waals surface area contributed by atoms with Crippen molar-refractivity contribution < 1.29 is 9.53 Å². The highest BCUT2D eigenvalue weighted by Crippen LogP contribution is 2.27. The second-order valence-corrected chi connectivity index (χ2v) is 10.6. The van der Waals surface area contributed by atoms with Crippen molar-refractivity contribution in [1.29, 1.82) is 0 Å². The highest BCUT2D eigenvalue weighted by molar-refractivity contribution is 7.13. The van der Waals surface area contributed by atoms with Gasteiger partial charge in [-0.1, -0.05) is 6.07 Å². The smallest absolute Gasteiger partial charge is 0.225 e. The molecule has 2 aromatic heterocycles. The van der Waals surface area contributed by atoms with Crippen LogP contribution in [0.3, 0.4) is 0 Å². The van der Waals surface area contributed by atoms with E-state index in [4.69, 9.17) is 4.74 Å². The zero-order valence-electron chi connectivity index (χ0n) is 19.6. The third-order valence-corrected chi connectivity index (χ3v) is 8.40. The zero-order valence-corrected chi connectivity index (χ0v) is 20.4. The van der Waals surface area contributed by atoms with Crippen LogP contribution >= 0.6 is 11.3 Å². The van der Waals surface area contributed by atoms with Crippen LogP contribution in [0, 0.1) is 5.92 Å². The largest absolute Gasteiger partial charge is 0.377 e. The van der Waals surface area contributed by atoms with Gasteiger partial charge < -0.3 is 19.4 Å². The third kappa shape index (κ3) is 5.39. The molecule has 0 aromatic carbocycles. The predicted octanol–water partition coefficient (Wildman–Crippen LogP) is 3.52. The Morgan fingerprint density at radius 2 is 1.91 bits per heavy atom. The molecule has 178 valence electrons. The highest BCUT2D eigenvalue weighted by Gasteiger charge is 2.32. The monoisotopic (exact) mass is 469 g/mol. The minimum atomic E-state index is 0.140. The Hall–Kier alpha value is -2.03. The van der Waals surface area contributed by atoms with Gasteiger partial charge in [-0.25, -0.2) is 0 Å². The van der Waals surface area contributed by atoms with Gasteiger partial charge >= 0.3 is 0 Å². The van der Waals surface area contributed by atoms with Gasteiger partial charge in [0.15, 0.2) is 5.82 Å². The molecule has 1 atom stereocenters. The molecule has 1 amide bonds. The molecule has 0 unspecified atom stereocenters. The van der Waals surface area contributed by atoms with E-state index in [1.165, 1.54) is 12.8 Å². The number of carbonyl (C=O) groups is 1. The van der Waals surface area contributed by atoms with E-state index in [0.29, 0.717) is 18.1 Å². The molecule has 3 aliphatic heterocycles. The first kappa shape index (κ1) is 22.7. The van der Waals surface area contributed by atoms with Gasteiger partial charge in [0.1, 0.15) is 5.69 Å². The SMILES string of the molecule is CN(C[C@@H]1CCCO1)C1CCN(C(=O)C2CCN(c3ccc(-c4cccs4)nn3)CC2)CC1. The fourth-order valence-electron chi connectivity index (χ4n) is 5.45. The Morgan fingerprint density at radius 3 is 2.55 bits per heavy atom. The minimum absolute atomic E-state index is 0.140. The molecule has 7 nitrogen and oxygen atoms in total. The first-order chi connectivity index (χ1) is 16.2. The van der Waals surface area contributed by atoms with Crippen LogP contribution in [0.5, 0.6) is 0 Å². The van der Waals surface area contributed by atoms with Gasteiger partial charge in [0.2, 0.25) is 5.91 Å². The number of hydrogen-bond donors (Lipinski definition) is 0. The molecule has 0 saturated carbocycles. The molecular weight excluding hydrogens is 434 g/mol. The summed E-state index contributed by atoms with van der Waals surface area (Å²) in [7, 11) is 2.22. The van der Waals surface area contributed by atoms with Gasteiger partial charge in [0.05, 0.1) is 11.0 Å². The van der Waals surface area contributed by atoms with Crippen molar-refractivity contribution >= 4 is 23.1 Å². The zero-order chi connectivity index (χ0) is 22.6. The van der Waals surface area contributed by atoms with Crippen molar-refractivity contribution in [2.24, 2.45) is 5.92 Å². The second kappa shape index (κ2) is 10.5. The summed E-state index contributed by atoms with van der Waals surface area (Å²) in [5.41, 5.74) is 0.920. The van der Waals surface area contributed by atoms with Crippen LogP contribution in [0.1, 0.15) is 38.5 Å². The number of anilines is 1. The topological polar surface area (TPSA) is 61.8 Å². The summed E-state index contributed by atoms with van der Waals surface area (Å²) in [6, 6.07) is 8.77. The fraction of sp³-hybridized carbons (Fsp3) is 0.640. The molecule has 0 bridgehead atoms. The Morgan fingerprint density at radius 1 is 1.09 bits per heavy atom. The molecule has 3 aliphatic rings. The number of likely N-dealkylation sites (tertiary alicyclic amines) is 1. The Balaban J connectivity index is 1.07. The normalized spacial score (nSPS) is 22.9. The quantitative estimate of drug-likeness (QED) is 0.645. The van der Waals surface area contributed by atoms with Crippen molar-refractivity contribution in [2.45, 2.75) is 50.7 Å². The average Bonchev–Trinajstić information content (AvgIpc) is 3.59. The molecule has 0 spiro atoms. The molecule has 0 radical (unpaired) electrons. The van der Waals surface area contributed by atoms with Crippen LogP contribution in [-0.2, 0) is 9.53 Å². The predicted molar refractivity (Wildman–Crippen MR) is 131 cm³/mol. The molecule has 33 heavy (non-hydrogen) atoms. The van der Waals surface area contributed by atoms with E-state index in [9.17, 15) is 4.79 Å². The van der Waals surface area contributed by atoms with E-state index in [1.807, 2.05) is 12.1 Å². The summed E-state index contributed by atoms with van der Waals surface area (Å²) < 4.78 is 5.80. The van der Waals surface area contributed by atoms with Crippen LogP contribution < -0.4 is 4.90 Å². The van der Waals surface area contributed by atoms with Crippen molar-refractivity contribution in [1.82, 2.24) is 20.0 Å². The second-order valence-electron chi connectivity index (χ2n) is 9.65. The third-order valence-electron chi connectivity index (χ3n) is 7.51. The van der Waals surface area contributed by atoms with Crippen molar-refractivity contribution in [2.75, 3.05) is 51.3 Å². The van der Waals surface area contributed by atoms with Crippen molar-refractivity contribution in [3.8, 4) is 10.6 Å². The fourth-order valence-corrected chi connectivity index (χ4v) is 6.14. The summed E-state index contributed by atoms with van der Waals surface area (Å²) in [6.45, 7) is 5.43. The first-order valence-corrected chi connectivity index (χ1v) is 13.3. The van der Waals surface area contributed by atoms with E-state index >= 15 is 0 Å². The number of piperidine rings is 2. The van der Waals surface area contributed by atoms with Gasteiger partial charge in [-0.3, -0.25) is 4.79 Å². The lowest BCUT2D eigenvalue weighted by molar-refractivity contribution is -0.137. The van der Waals surface area contributed by atoms with Crippen molar-refractivity contribution in [3.05, 3.63) is 29.6 Å². The minimum Gasteiger partial charge on any atom is -0.377 e. The van der Waals surface area contributed by atoms with Gasteiger partial charge in [-0.05, 0) is 69.2 Å². The maximum Gasteiger partial charge on any atom is 0.225 e. The summed E-state index contributed by atoms with van der Waals surface area (Å²) in [5.74, 6) is 1.41. The van der Waals surface area contributed by atoms with Gasteiger partial charge in [0.25, 0.3) is 0 Å². The van der Waals surface area contributed by atoms with Crippen LogP contribution in [0.25, 0.3) is 10.6 Å². The Labute approximate surface area is 200 Å². The van der Waals surface area contributed by atoms with Crippen LogP contribution in [-0.4, -0.2) is 84.4 Å². The number of ether oxygens (including phenoxy) is 1. The summed E-state index contributed by atoms with van der Waals surface area (Å²) >= 11 is 1.68. The van der Waals surface area contributed by atoms with E-state index in [0.717, 1.165) is 81.4 Å². The number of nitrogens with zero attached hydrogens (tertiary/aromatic N) is 5. The van der Waals surface area contributed by atoms with E-state index in [1.54, 1.807) is 11.3 Å². The number of aromatic nitrogens is 2. The summed E-state index contributed by atoms with van der Waals surface area (Å²) in [6.07, 6.45) is 6.71. The molecule has 0 N–H and O–H groups in total.